The van der Waals surface area contributed by atoms with Crippen LogP contribution in [0.4, 0.5) is 5.69 Å². The zero-order valence-corrected chi connectivity index (χ0v) is 12.9. The molecule has 0 saturated heterocycles. The normalized spacial score (nSPS) is 15.1. The first-order chi connectivity index (χ1) is 10.7. The lowest BCUT2D eigenvalue weighted by molar-refractivity contribution is -0.119. The molecular weight excluding hydrogens is 272 g/mol. The van der Waals surface area contributed by atoms with Gasteiger partial charge in [-0.1, -0.05) is 48.5 Å². The summed E-state index contributed by atoms with van der Waals surface area (Å²) in [7, 11) is 0. The minimum atomic E-state index is 0.0467. The molecule has 1 fully saturated rings. The van der Waals surface area contributed by atoms with E-state index < -0.39 is 0 Å². The Labute approximate surface area is 131 Å². The molecule has 0 unspecified atom stereocenters. The van der Waals surface area contributed by atoms with Crippen molar-refractivity contribution in [2.24, 2.45) is 0 Å². The van der Waals surface area contributed by atoms with Gasteiger partial charge in [-0.3, -0.25) is 4.79 Å². The van der Waals surface area contributed by atoms with Gasteiger partial charge in [0.1, 0.15) is 0 Å². The summed E-state index contributed by atoms with van der Waals surface area (Å²) in [4.78, 5) is 12.1. The molecule has 0 bridgehead atoms. The molecule has 1 aliphatic rings. The summed E-state index contributed by atoms with van der Waals surface area (Å²) in [5, 5.41) is 6.27. The largest absolute Gasteiger partial charge is 0.376 e. The van der Waals surface area contributed by atoms with Gasteiger partial charge >= 0.3 is 0 Å². The Morgan fingerprint density at radius 2 is 1.73 bits per heavy atom. The molecule has 3 nitrogen and oxygen atoms in total. The molecule has 0 radical (unpaired) electrons. The Balaban J connectivity index is 1.50. The van der Waals surface area contributed by atoms with Gasteiger partial charge in [0.05, 0.1) is 6.54 Å². The maximum Gasteiger partial charge on any atom is 0.239 e. The van der Waals surface area contributed by atoms with E-state index in [2.05, 4.69) is 34.9 Å². The monoisotopic (exact) mass is 294 g/mol. The van der Waals surface area contributed by atoms with Crippen LogP contribution < -0.4 is 10.6 Å². The first-order valence-electron chi connectivity index (χ1n) is 7.81. The highest BCUT2D eigenvalue weighted by atomic mass is 16.1. The van der Waals surface area contributed by atoms with Gasteiger partial charge in [0.2, 0.25) is 5.91 Å². The first-order valence-corrected chi connectivity index (χ1v) is 7.81. The summed E-state index contributed by atoms with van der Waals surface area (Å²) in [6, 6.07) is 18.5. The number of hydrogen-bond donors (Lipinski definition) is 2. The molecule has 2 aromatic carbocycles. The van der Waals surface area contributed by atoms with Crippen LogP contribution in [-0.2, 0) is 10.2 Å². The van der Waals surface area contributed by atoms with Crippen molar-refractivity contribution in [3.05, 3.63) is 65.7 Å². The van der Waals surface area contributed by atoms with Crippen molar-refractivity contribution in [1.29, 1.82) is 0 Å². The molecule has 0 aliphatic heterocycles. The lowest BCUT2D eigenvalue weighted by Gasteiger charge is -2.17. The molecule has 3 rings (SSSR count). The number of anilines is 1. The number of carbonyl (C=O) groups excluding carboxylic acids is 1. The van der Waals surface area contributed by atoms with E-state index in [1.165, 1.54) is 5.56 Å². The smallest absolute Gasteiger partial charge is 0.239 e. The number of benzene rings is 2. The highest BCUT2D eigenvalue weighted by Gasteiger charge is 2.44. The fourth-order valence-electron chi connectivity index (χ4n) is 2.79. The second-order valence-electron chi connectivity index (χ2n) is 6.09. The van der Waals surface area contributed by atoms with E-state index in [1.807, 2.05) is 37.3 Å². The van der Waals surface area contributed by atoms with E-state index in [9.17, 15) is 4.79 Å². The van der Waals surface area contributed by atoms with Crippen LogP contribution in [0.3, 0.4) is 0 Å². The molecule has 22 heavy (non-hydrogen) atoms. The Morgan fingerprint density at radius 3 is 2.41 bits per heavy atom. The van der Waals surface area contributed by atoms with E-state index in [4.69, 9.17) is 0 Å². The third-order valence-corrected chi connectivity index (χ3v) is 4.45. The highest BCUT2D eigenvalue weighted by Crippen LogP contribution is 2.47. The van der Waals surface area contributed by atoms with Crippen molar-refractivity contribution in [2.45, 2.75) is 25.2 Å². The quantitative estimate of drug-likeness (QED) is 0.858. The average molecular weight is 294 g/mol. The van der Waals surface area contributed by atoms with Gasteiger partial charge in [0.15, 0.2) is 0 Å². The lowest BCUT2D eigenvalue weighted by atomic mass is 9.96. The van der Waals surface area contributed by atoms with Crippen LogP contribution in [0.2, 0.25) is 0 Å². The van der Waals surface area contributed by atoms with Crippen LogP contribution in [0.25, 0.3) is 0 Å². The number of aryl methyl sites for hydroxylation is 1. The number of hydrogen-bond acceptors (Lipinski definition) is 2. The van der Waals surface area contributed by atoms with Crippen molar-refractivity contribution in [3.8, 4) is 0 Å². The molecule has 3 heteroatoms. The maximum absolute atomic E-state index is 12.1. The van der Waals surface area contributed by atoms with Crippen LogP contribution >= 0.6 is 0 Å². The van der Waals surface area contributed by atoms with Crippen LogP contribution in [-0.4, -0.2) is 19.0 Å². The number of carbonyl (C=O) groups is 1. The number of para-hydroxylation sites is 1. The van der Waals surface area contributed by atoms with E-state index in [1.54, 1.807) is 0 Å². The maximum atomic E-state index is 12.1. The van der Waals surface area contributed by atoms with Gasteiger partial charge in [0, 0.05) is 17.6 Å². The third kappa shape index (κ3) is 3.30. The molecule has 0 aromatic heterocycles. The minimum Gasteiger partial charge on any atom is -0.376 e. The van der Waals surface area contributed by atoms with E-state index in [0.29, 0.717) is 6.54 Å². The molecule has 2 N–H and O–H groups in total. The average Bonchev–Trinajstić information content (AvgIpc) is 3.34. The Bertz CT molecular complexity index is 647. The van der Waals surface area contributed by atoms with E-state index >= 15 is 0 Å². The summed E-state index contributed by atoms with van der Waals surface area (Å²) in [6.07, 6.45) is 2.31. The highest BCUT2D eigenvalue weighted by molar-refractivity contribution is 5.81. The van der Waals surface area contributed by atoms with Gasteiger partial charge in [0.25, 0.3) is 0 Å². The predicted octanol–water partition coefficient (Wildman–Crippen LogP) is 3.25. The van der Waals surface area contributed by atoms with Crippen LogP contribution in [0.5, 0.6) is 0 Å². The molecule has 1 amide bonds. The molecule has 0 atom stereocenters. The molecule has 0 heterocycles. The topological polar surface area (TPSA) is 41.1 Å². The van der Waals surface area contributed by atoms with Gasteiger partial charge in [-0.05, 0) is 37.0 Å². The second-order valence-corrected chi connectivity index (χ2v) is 6.09. The number of rotatable bonds is 6. The molecular formula is C19H22N2O. The van der Waals surface area contributed by atoms with Gasteiger partial charge in [-0.25, -0.2) is 0 Å². The standard InChI is InChI=1S/C19H22N2O/c1-15-7-5-6-10-17(15)20-13-18(22)21-14-19(11-12-19)16-8-3-2-4-9-16/h2-10,20H,11-14H2,1H3,(H,21,22). The Hall–Kier alpha value is -2.29. The minimum absolute atomic E-state index is 0.0467. The zero-order chi connectivity index (χ0) is 15.4. The third-order valence-electron chi connectivity index (χ3n) is 4.45. The van der Waals surface area contributed by atoms with Gasteiger partial charge in [-0.2, -0.15) is 0 Å². The molecule has 114 valence electrons. The molecule has 1 saturated carbocycles. The first kappa shape index (κ1) is 14.6. The fourth-order valence-corrected chi connectivity index (χ4v) is 2.79. The van der Waals surface area contributed by atoms with E-state index in [-0.39, 0.29) is 11.3 Å². The molecule has 0 spiro atoms. The Morgan fingerprint density at radius 1 is 1.05 bits per heavy atom. The molecule has 2 aromatic rings. The second kappa shape index (κ2) is 6.22. The van der Waals surface area contributed by atoms with Crippen LogP contribution in [0.15, 0.2) is 54.6 Å². The summed E-state index contributed by atoms with van der Waals surface area (Å²) < 4.78 is 0. The predicted molar refractivity (Wildman–Crippen MR) is 90.0 cm³/mol. The van der Waals surface area contributed by atoms with Crippen LogP contribution in [0, 0.1) is 6.92 Å². The van der Waals surface area contributed by atoms with Crippen molar-refractivity contribution in [2.75, 3.05) is 18.4 Å². The van der Waals surface area contributed by atoms with Crippen molar-refractivity contribution in [3.63, 3.8) is 0 Å². The summed E-state index contributed by atoms with van der Waals surface area (Å²) in [5.41, 5.74) is 3.67. The summed E-state index contributed by atoms with van der Waals surface area (Å²) in [5.74, 6) is 0.0467. The zero-order valence-electron chi connectivity index (χ0n) is 12.9. The van der Waals surface area contributed by atoms with Gasteiger partial charge in [-0.15, -0.1) is 0 Å². The SMILES string of the molecule is Cc1ccccc1NCC(=O)NCC1(c2ccccc2)CC1. The molecule has 1 aliphatic carbocycles. The van der Waals surface area contributed by atoms with Crippen LogP contribution in [0.1, 0.15) is 24.0 Å². The fraction of sp³-hybridized carbons (Fsp3) is 0.316. The summed E-state index contributed by atoms with van der Waals surface area (Å²) in [6.45, 7) is 3.08. The van der Waals surface area contributed by atoms with Crippen molar-refractivity contribution >= 4 is 11.6 Å². The van der Waals surface area contributed by atoms with E-state index in [0.717, 1.165) is 30.6 Å². The van der Waals surface area contributed by atoms with Crippen molar-refractivity contribution in [1.82, 2.24) is 5.32 Å². The number of amides is 1. The van der Waals surface area contributed by atoms with Crippen molar-refractivity contribution < 1.29 is 4.79 Å². The number of nitrogens with one attached hydrogen (secondary N) is 2. The Kier molecular flexibility index (Phi) is 4.14. The summed E-state index contributed by atoms with van der Waals surface area (Å²) >= 11 is 0. The van der Waals surface area contributed by atoms with Gasteiger partial charge < -0.3 is 10.6 Å². The lowest BCUT2D eigenvalue weighted by Crippen LogP contribution is -2.36.